The van der Waals surface area contributed by atoms with Crippen LogP contribution in [-0.2, 0) is 30.6 Å². The van der Waals surface area contributed by atoms with Crippen molar-refractivity contribution in [2.45, 2.75) is 38.6 Å². The van der Waals surface area contributed by atoms with Crippen LogP contribution >= 0.6 is 0 Å². The van der Waals surface area contributed by atoms with Crippen LogP contribution in [0.15, 0.2) is 0 Å². The zero-order valence-electron chi connectivity index (χ0n) is 9.07. The molecule has 4 heteroatoms. The monoisotopic (exact) mass is 218 g/mol. The number of carboxylic acid groups (broad SMARTS) is 1. The van der Waals surface area contributed by atoms with Crippen molar-refractivity contribution in [2.75, 3.05) is 0 Å². The van der Waals surface area contributed by atoms with Crippen molar-refractivity contribution in [3.8, 4) is 12.3 Å². The highest BCUT2D eigenvalue weighted by molar-refractivity contribution is 5.70. The fourth-order valence-electron chi connectivity index (χ4n) is 2.23. The first-order chi connectivity index (χ1) is 7.72. The van der Waals surface area contributed by atoms with Crippen LogP contribution in [0.5, 0.6) is 0 Å². The van der Waals surface area contributed by atoms with Gasteiger partial charge in [0.1, 0.15) is 6.54 Å². The minimum absolute atomic E-state index is 0.0179. The number of fused-ring (bicyclic) bond motifs is 1. The highest BCUT2D eigenvalue weighted by Gasteiger charge is 2.21. The molecule has 16 heavy (non-hydrogen) atoms. The van der Waals surface area contributed by atoms with Gasteiger partial charge in [-0.15, -0.1) is 6.42 Å². The van der Waals surface area contributed by atoms with Gasteiger partial charge in [-0.05, 0) is 31.2 Å². The Morgan fingerprint density at radius 3 is 2.94 bits per heavy atom. The summed E-state index contributed by atoms with van der Waals surface area (Å²) in [5.41, 5.74) is 2.95. The summed E-state index contributed by atoms with van der Waals surface area (Å²) in [5, 5.41) is 13.3. The van der Waals surface area contributed by atoms with Gasteiger partial charge in [0.05, 0.1) is 17.8 Å². The minimum atomic E-state index is -0.827. The average Bonchev–Trinajstić information content (AvgIpc) is 2.57. The summed E-state index contributed by atoms with van der Waals surface area (Å²) in [6, 6.07) is 0. The van der Waals surface area contributed by atoms with Crippen molar-refractivity contribution >= 4 is 5.97 Å². The predicted molar refractivity (Wildman–Crippen MR) is 59.0 cm³/mol. The van der Waals surface area contributed by atoms with Crippen LogP contribution in [0.2, 0.25) is 0 Å². The molecule has 1 aromatic heterocycles. The van der Waals surface area contributed by atoms with Crippen LogP contribution in [0.25, 0.3) is 0 Å². The molecular formula is C12H14N2O2. The van der Waals surface area contributed by atoms with Crippen molar-refractivity contribution in [2.24, 2.45) is 0 Å². The summed E-state index contributed by atoms with van der Waals surface area (Å²) in [4.78, 5) is 10.8. The van der Waals surface area contributed by atoms with Gasteiger partial charge in [-0.1, -0.05) is 5.92 Å². The third kappa shape index (κ3) is 1.94. The number of rotatable bonds is 3. The topological polar surface area (TPSA) is 55.1 Å². The molecule has 1 aliphatic rings. The van der Waals surface area contributed by atoms with Gasteiger partial charge in [0, 0.05) is 0 Å². The fourth-order valence-corrected chi connectivity index (χ4v) is 2.23. The third-order valence-electron chi connectivity index (χ3n) is 2.90. The summed E-state index contributed by atoms with van der Waals surface area (Å²) in [5.74, 6) is 1.69. The van der Waals surface area contributed by atoms with E-state index in [4.69, 9.17) is 11.5 Å². The molecule has 2 rings (SSSR count). The average molecular weight is 218 g/mol. The number of nitrogens with zero attached hydrogens (tertiary/aromatic N) is 2. The number of terminal acetylenes is 1. The maximum atomic E-state index is 10.8. The van der Waals surface area contributed by atoms with Crippen LogP contribution in [0.3, 0.4) is 0 Å². The van der Waals surface area contributed by atoms with E-state index < -0.39 is 5.97 Å². The second-order valence-corrected chi connectivity index (χ2v) is 4.01. The number of aromatic nitrogens is 2. The van der Waals surface area contributed by atoms with E-state index >= 15 is 0 Å². The van der Waals surface area contributed by atoms with E-state index in [1.807, 2.05) is 0 Å². The third-order valence-corrected chi connectivity index (χ3v) is 2.90. The molecule has 0 saturated heterocycles. The van der Waals surface area contributed by atoms with Crippen molar-refractivity contribution in [3.05, 3.63) is 17.0 Å². The normalized spacial score (nSPS) is 14.2. The fraction of sp³-hybridized carbons (Fsp3) is 0.500. The van der Waals surface area contributed by atoms with Crippen LogP contribution < -0.4 is 0 Å². The Bertz CT molecular complexity index is 454. The molecule has 0 amide bonds. The molecule has 4 nitrogen and oxygen atoms in total. The lowest BCUT2D eigenvalue weighted by Crippen LogP contribution is -2.11. The van der Waals surface area contributed by atoms with Gasteiger partial charge in [-0.2, -0.15) is 5.10 Å². The van der Waals surface area contributed by atoms with Gasteiger partial charge in [-0.25, -0.2) is 0 Å². The maximum absolute atomic E-state index is 10.8. The quantitative estimate of drug-likeness (QED) is 0.771. The number of carboxylic acids is 1. The molecule has 1 aromatic rings. The van der Waals surface area contributed by atoms with Crippen molar-refractivity contribution in [1.82, 2.24) is 9.78 Å². The first-order valence-electron chi connectivity index (χ1n) is 5.45. The second-order valence-electron chi connectivity index (χ2n) is 4.01. The molecule has 0 atom stereocenters. The number of hydrogen-bond acceptors (Lipinski definition) is 2. The molecule has 0 aliphatic heterocycles. The first-order valence-corrected chi connectivity index (χ1v) is 5.45. The molecule has 1 heterocycles. The first kappa shape index (κ1) is 10.7. The second kappa shape index (κ2) is 4.40. The Morgan fingerprint density at radius 1 is 1.50 bits per heavy atom. The summed E-state index contributed by atoms with van der Waals surface area (Å²) < 4.78 is 1.67. The summed E-state index contributed by atoms with van der Waals surface area (Å²) >= 11 is 0. The molecule has 1 N–H and O–H groups in total. The lowest BCUT2D eigenvalue weighted by molar-refractivity contribution is -0.136. The van der Waals surface area contributed by atoms with Crippen LogP contribution in [0.1, 0.15) is 29.8 Å². The van der Waals surface area contributed by atoms with Gasteiger partial charge in [-0.3, -0.25) is 9.48 Å². The summed E-state index contributed by atoms with van der Waals surface area (Å²) in [6.45, 7) is 0.357. The molecule has 0 fully saturated rings. The van der Waals surface area contributed by atoms with E-state index in [-0.39, 0.29) is 6.42 Å². The van der Waals surface area contributed by atoms with Gasteiger partial charge in [0.2, 0.25) is 0 Å². The molecule has 1 aliphatic carbocycles. The standard InChI is InChI=1S/C12H14N2O2/c1-2-7-14-11(8-12(15)16)9-5-3-4-6-10(9)13-14/h1H,3-8H2,(H,15,16). The molecule has 0 radical (unpaired) electrons. The molecule has 0 spiro atoms. The zero-order chi connectivity index (χ0) is 11.5. The highest BCUT2D eigenvalue weighted by atomic mass is 16.4. The highest BCUT2D eigenvalue weighted by Crippen LogP contribution is 2.24. The number of hydrogen-bond donors (Lipinski definition) is 1. The Hall–Kier alpha value is -1.76. The number of aryl methyl sites for hydroxylation is 1. The Kier molecular flexibility index (Phi) is 2.95. The SMILES string of the molecule is C#CCn1nc2c(c1CC(=O)O)CCCC2. The van der Waals surface area contributed by atoms with E-state index in [9.17, 15) is 4.79 Å². The van der Waals surface area contributed by atoms with Gasteiger partial charge < -0.3 is 5.11 Å². The number of carbonyl (C=O) groups is 1. The smallest absolute Gasteiger partial charge is 0.309 e. The Labute approximate surface area is 94.3 Å². The van der Waals surface area contributed by atoms with E-state index in [0.717, 1.165) is 42.6 Å². The van der Waals surface area contributed by atoms with E-state index in [1.165, 1.54) is 0 Å². The van der Waals surface area contributed by atoms with Gasteiger partial charge in [0.25, 0.3) is 0 Å². The van der Waals surface area contributed by atoms with Crippen LogP contribution in [0.4, 0.5) is 0 Å². The zero-order valence-corrected chi connectivity index (χ0v) is 9.07. The maximum Gasteiger partial charge on any atom is 0.309 e. The Balaban J connectivity index is 2.40. The van der Waals surface area contributed by atoms with Crippen LogP contribution in [0, 0.1) is 12.3 Å². The largest absolute Gasteiger partial charge is 0.481 e. The lowest BCUT2D eigenvalue weighted by Gasteiger charge is -2.10. The molecular weight excluding hydrogens is 204 g/mol. The minimum Gasteiger partial charge on any atom is -0.481 e. The number of aliphatic carboxylic acids is 1. The van der Waals surface area contributed by atoms with E-state index in [0.29, 0.717) is 6.54 Å². The van der Waals surface area contributed by atoms with Crippen LogP contribution in [-0.4, -0.2) is 20.9 Å². The van der Waals surface area contributed by atoms with E-state index in [1.54, 1.807) is 4.68 Å². The van der Waals surface area contributed by atoms with Crippen molar-refractivity contribution in [1.29, 1.82) is 0 Å². The molecule has 0 unspecified atom stereocenters. The summed E-state index contributed by atoms with van der Waals surface area (Å²) in [6.07, 6.45) is 9.40. The van der Waals surface area contributed by atoms with Crippen molar-refractivity contribution < 1.29 is 9.90 Å². The van der Waals surface area contributed by atoms with Crippen molar-refractivity contribution in [3.63, 3.8) is 0 Å². The molecule has 0 bridgehead atoms. The lowest BCUT2D eigenvalue weighted by atomic mass is 9.95. The Morgan fingerprint density at radius 2 is 2.25 bits per heavy atom. The summed E-state index contributed by atoms with van der Waals surface area (Å²) in [7, 11) is 0. The predicted octanol–water partition coefficient (Wildman–Crippen LogP) is 1.02. The molecule has 84 valence electrons. The molecule has 0 aromatic carbocycles. The van der Waals surface area contributed by atoms with Gasteiger partial charge in [0.15, 0.2) is 0 Å². The van der Waals surface area contributed by atoms with E-state index in [2.05, 4.69) is 11.0 Å². The molecule has 0 saturated carbocycles. The van der Waals surface area contributed by atoms with Gasteiger partial charge >= 0.3 is 5.97 Å².